The largest absolute Gasteiger partial charge is 0.488 e. The number of allylic oxidation sites excluding steroid dienone is 1. The van der Waals surface area contributed by atoms with Crippen molar-refractivity contribution in [2.75, 3.05) is 0 Å². The van der Waals surface area contributed by atoms with Crippen LogP contribution < -0.4 is 9.47 Å². The molecule has 3 nitrogen and oxygen atoms in total. The molecular formula is C23H16Cl2O3. The number of fused-ring (bicyclic) bond motifs is 1. The minimum atomic E-state index is -0.141. The summed E-state index contributed by atoms with van der Waals surface area (Å²) in [5.74, 6) is 1.36. The number of hydrogen-bond donors (Lipinski definition) is 0. The average Bonchev–Trinajstić information content (AvgIpc) is 3.01. The number of carbonyl (C=O) groups is 1. The zero-order valence-corrected chi connectivity index (χ0v) is 16.6. The standard InChI is InChI=1S/C23H16Cl2O3/c1-14-20(27-13-16-4-8-18(25)9-5-16)11-10-19-22(26)21(28-23(14)19)12-15-2-6-17(24)7-3-15/h2-12H,13H2,1H3/b21-12-. The van der Waals surface area contributed by atoms with Gasteiger partial charge in [0.05, 0.1) is 5.56 Å². The third-order valence-electron chi connectivity index (χ3n) is 4.51. The molecule has 0 saturated heterocycles. The van der Waals surface area contributed by atoms with E-state index < -0.39 is 0 Å². The topological polar surface area (TPSA) is 35.5 Å². The maximum absolute atomic E-state index is 12.7. The van der Waals surface area contributed by atoms with Crippen LogP contribution in [-0.2, 0) is 6.61 Å². The van der Waals surface area contributed by atoms with E-state index in [1.807, 2.05) is 43.3 Å². The lowest BCUT2D eigenvalue weighted by Gasteiger charge is -2.11. The lowest BCUT2D eigenvalue weighted by Crippen LogP contribution is -1.98. The van der Waals surface area contributed by atoms with Gasteiger partial charge in [-0.3, -0.25) is 4.79 Å². The second-order valence-electron chi connectivity index (χ2n) is 6.47. The van der Waals surface area contributed by atoms with Crippen LogP contribution in [0.25, 0.3) is 6.08 Å². The molecule has 140 valence electrons. The third kappa shape index (κ3) is 3.77. The van der Waals surface area contributed by atoms with Gasteiger partial charge in [-0.05, 0) is 60.5 Å². The molecule has 0 fully saturated rings. The molecule has 28 heavy (non-hydrogen) atoms. The van der Waals surface area contributed by atoms with Gasteiger partial charge in [0.1, 0.15) is 18.1 Å². The van der Waals surface area contributed by atoms with Crippen LogP contribution in [0.1, 0.15) is 27.0 Å². The molecule has 5 heteroatoms. The summed E-state index contributed by atoms with van der Waals surface area (Å²) in [6.45, 7) is 2.28. The predicted octanol–water partition coefficient (Wildman–Crippen LogP) is 6.50. The minimum absolute atomic E-state index is 0.141. The normalized spacial score (nSPS) is 14.1. The first-order valence-electron chi connectivity index (χ1n) is 8.72. The Morgan fingerprint density at radius 3 is 2.25 bits per heavy atom. The van der Waals surface area contributed by atoms with Gasteiger partial charge < -0.3 is 9.47 Å². The quantitative estimate of drug-likeness (QED) is 0.460. The number of carbonyl (C=O) groups excluding carboxylic acids is 1. The van der Waals surface area contributed by atoms with E-state index in [0.29, 0.717) is 33.7 Å². The molecule has 1 aliphatic rings. The summed E-state index contributed by atoms with van der Waals surface area (Å²) in [4.78, 5) is 12.7. The SMILES string of the molecule is Cc1c(OCc2ccc(Cl)cc2)ccc2c1O/C(=C\c1ccc(Cl)cc1)C2=O. The van der Waals surface area contributed by atoms with E-state index in [9.17, 15) is 4.79 Å². The molecular weight excluding hydrogens is 395 g/mol. The molecule has 3 aromatic rings. The molecule has 0 radical (unpaired) electrons. The van der Waals surface area contributed by atoms with Crippen molar-refractivity contribution in [2.24, 2.45) is 0 Å². The van der Waals surface area contributed by atoms with Gasteiger partial charge in [-0.1, -0.05) is 47.5 Å². The number of benzene rings is 3. The van der Waals surface area contributed by atoms with Crippen molar-refractivity contribution in [3.05, 3.63) is 98.7 Å². The maximum Gasteiger partial charge on any atom is 0.231 e. The molecule has 0 bridgehead atoms. The highest BCUT2D eigenvalue weighted by Crippen LogP contribution is 2.39. The van der Waals surface area contributed by atoms with Crippen LogP contribution in [0.3, 0.4) is 0 Å². The smallest absolute Gasteiger partial charge is 0.231 e. The minimum Gasteiger partial charge on any atom is -0.488 e. The second-order valence-corrected chi connectivity index (χ2v) is 7.34. The van der Waals surface area contributed by atoms with E-state index in [1.54, 1.807) is 30.3 Å². The summed E-state index contributed by atoms with van der Waals surface area (Å²) in [5, 5.41) is 1.33. The molecule has 0 aliphatic carbocycles. The lowest BCUT2D eigenvalue weighted by molar-refractivity contribution is 0.101. The summed E-state index contributed by atoms with van der Waals surface area (Å²) < 4.78 is 11.8. The zero-order valence-electron chi connectivity index (χ0n) is 15.0. The van der Waals surface area contributed by atoms with Crippen molar-refractivity contribution in [3.63, 3.8) is 0 Å². The van der Waals surface area contributed by atoms with E-state index in [0.717, 1.165) is 16.7 Å². The molecule has 0 amide bonds. The molecule has 1 heterocycles. The first-order chi connectivity index (χ1) is 13.5. The second kappa shape index (κ2) is 7.70. The fourth-order valence-electron chi connectivity index (χ4n) is 2.98. The van der Waals surface area contributed by atoms with Crippen molar-refractivity contribution >= 4 is 35.1 Å². The zero-order chi connectivity index (χ0) is 19.7. The van der Waals surface area contributed by atoms with Gasteiger partial charge in [-0.15, -0.1) is 0 Å². The van der Waals surface area contributed by atoms with Crippen LogP contribution in [0.4, 0.5) is 0 Å². The van der Waals surface area contributed by atoms with Crippen molar-refractivity contribution < 1.29 is 14.3 Å². The Morgan fingerprint density at radius 2 is 1.57 bits per heavy atom. The summed E-state index contributed by atoms with van der Waals surface area (Å²) in [6.07, 6.45) is 1.71. The molecule has 1 aliphatic heterocycles. The lowest BCUT2D eigenvalue weighted by atomic mass is 10.1. The highest BCUT2D eigenvalue weighted by Gasteiger charge is 2.30. The Kier molecular flexibility index (Phi) is 5.12. The Bertz CT molecular complexity index is 1070. The maximum atomic E-state index is 12.7. The molecule has 0 aromatic heterocycles. The van der Waals surface area contributed by atoms with Crippen LogP contribution in [0, 0.1) is 6.92 Å². The monoisotopic (exact) mass is 410 g/mol. The number of Topliss-reactive ketones (excluding diaryl/α,β-unsaturated/α-hetero) is 1. The first-order valence-corrected chi connectivity index (χ1v) is 9.47. The summed E-state index contributed by atoms with van der Waals surface area (Å²) >= 11 is 11.8. The molecule has 0 atom stereocenters. The number of hydrogen-bond acceptors (Lipinski definition) is 3. The Morgan fingerprint density at radius 1 is 0.929 bits per heavy atom. The van der Waals surface area contributed by atoms with Gasteiger partial charge >= 0.3 is 0 Å². The van der Waals surface area contributed by atoms with Crippen molar-refractivity contribution in [1.29, 1.82) is 0 Å². The van der Waals surface area contributed by atoms with Crippen LogP contribution in [0.2, 0.25) is 10.0 Å². The Hall–Kier alpha value is -2.75. The fraction of sp³-hybridized carbons (Fsp3) is 0.0870. The first kappa shape index (κ1) is 18.6. The van der Waals surface area contributed by atoms with Crippen molar-refractivity contribution in [2.45, 2.75) is 13.5 Å². The summed E-state index contributed by atoms with van der Waals surface area (Å²) in [7, 11) is 0. The van der Waals surface area contributed by atoms with E-state index >= 15 is 0 Å². The van der Waals surface area contributed by atoms with E-state index in [-0.39, 0.29) is 11.5 Å². The van der Waals surface area contributed by atoms with Gasteiger partial charge in [0.25, 0.3) is 0 Å². The van der Waals surface area contributed by atoms with Gasteiger partial charge in [-0.2, -0.15) is 0 Å². The molecule has 3 aromatic carbocycles. The van der Waals surface area contributed by atoms with Crippen molar-refractivity contribution in [3.8, 4) is 11.5 Å². The number of ether oxygens (including phenoxy) is 2. The average molecular weight is 411 g/mol. The number of halogens is 2. The van der Waals surface area contributed by atoms with E-state index in [1.165, 1.54) is 0 Å². The summed E-state index contributed by atoms with van der Waals surface area (Å²) in [6, 6.07) is 18.2. The molecule has 0 saturated carbocycles. The van der Waals surface area contributed by atoms with Crippen molar-refractivity contribution in [1.82, 2.24) is 0 Å². The van der Waals surface area contributed by atoms with Gasteiger partial charge in [0.2, 0.25) is 5.78 Å². The molecule has 0 N–H and O–H groups in total. The van der Waals surface area contributed by atoms with Crippen LogP contribution in [-0.4, -0.2) is 5.78 Å². The van der Waals surface area contributed by atoms with Crippen LogP contribution in [0.15, 0.2) is 66.4 Å². The van der Waals surface area contributed by atoms with Gasteiger partial charge in [-0.25, -0.2) is 0 Å². The highest BCUT2D eigenvalue weighted by atomic mass is 35.5. The number of rotatable bonds is 4. The van der Waals surface area contributed by atoms with Crippen LogP contribution >= 0.6 is 23.2 Å². The molecule has 0 unspecified atom stereocenters. The fourth-order valence-corrected chi connectivity index (χ4v) is 3.23. The van der Waals surface area contributed by atoms with E-state index in [4.69, 9.17) is 32.7 Å². The Labute approximate surface area is 173 Å². The van der Waals surface area contributed by atoms with Gasteiger partial charge in [0, 0.05) is 15.6 Å². The predicted molar refractivity (Wildman–Crippen MR) is 111 cm³/mol. The molecule has 0 spiro atoms. The number of ketones is 1. The summed E-state index contributed by atoms with van der Waals surface area (Å²) in [5.41, 5.74) is 3.18. The van der Waals surface area contributed by atoms with E-state index in [2.05, 4.69) is 0 Å². The van der Waals surface area contributed by atoms with Crippen LogP contribution in [0.5, 0.6) is 11.5 Å². The third-order valence-corrected chi connectivity index (χ3v) is 5.02. The Balaban J connectivity index is 1.56. The highest BCUT2D eigenvalue weighted by molar-refractivity contribution is 6.30. The van der Waals surface area contributed by atoms with Gasteiger partial charge in [0.15, 0.2) is 5.76 Å². The molecule has 4 rings (SSSR count).